The molecule has 1 saturated carbocycles. The third-order valence-electron chi connectivity index (χ3n) is 4.30. The number of thioether (sulfide) groups is 1. The molecule has 1 aliphatic carbocycles. The average molecular weight is 360 g/mol. The normalized spacial score (nSPS) is 19.4. The number of carbonyl (C=O) groups is 1. The van der Waals surface area contributed by atoms with Gasteiger partial charge in [0.1, 0.15) is 11.7 Å². The molecule has 0 unspecified atom stereocenters. The van der Waals surface area contributed by atoms with Crippen LogP contribution in [0.1, 0.15) is 31.2 Å². The van der Waals surface area contributed by atoms with E-state index in [2.05, 4.69) is 4.98 Å². The van der Waals surface area contributed by atoms with E-state index in [1.807, 2.05) is 0 Å². The zero-order valence-corrected chi connectivity index (χ0v) is 13.9. The standard InChI is InChI=1S/C16H19F3N2O2S/c17-16(18,19)13-6-3-7-20-15(13)23-11-8-21(9-11)14(22)10-24-12-4-1-2-5-12/h3,6-7,11-12H,1-2,4-5,8-10H2. The lowest BCUT2D eigenvalue weighted by atomic mass is 10.1. The molecule has 1 aromatic heterocycles. The summed E-state index contributed by atoms with van der Waals surface area (Å²) < 4.78 is 44.0. The Morgan fingerprint density at radius 1 is 1.33 bits per heavy atom. The molecular weight excluding hydrogens is 341 g/mol. The molecule has 2 aliphatic rings. The van der Waals surface area contributed by atoms with E-state index in [9.17, 15) is 18.0 Å². The summed E-state index contributed by atoms with van der Waals surface area (Å²) in [6, 6.07) is 2.18. The molecule has 0 spiro atoms. The average Bonchev–Trinajstić information content (AvgIpc) is 3.01. The fourth-order valence-electron chi connectivity index (χ4n) is 2.91. The summed E-state index contributed by atoms with van der Waals surface area (Å²) in [5, 5.41) is 0.574. The van der Waals surface area contributed by atoms with Crippen LogP contribution in [0.4, 0.5) is 13.2 Å². The number of ether oxygens (including phenoxy) is 1. The first kappa shape index (κ1) is 17.4. The van der Waals surface area contributed by atoms with E-state index < -0.39 is 23.7 Å². The Morgan fingerprint density at radius 3 is 2.71 bits per heavy atom. The molecule has 1 aliphatic heterocycles. The first-order valence-electron chi connectivity index (χ1n) is 8.02. The van der Waals surface area contributed by atoms with Gasteiger partial charge in [0.05, 0.1) is 18.8 Å². The second-order valence-corrected chi connectivity index (χ2v) is 7.40. The highest BCUT2D eigenvalue weighted by Crippen LogP contribution is 2.35. The molecule has 1 amide bonds. The van der Waals surface area contributed by atoms with Crippen LogP contribution in [0.2, 0.25) is 0 Å². The van der Waals surface area contributed by atoms with Crippen LogP contribution in [0.25, 0.3) is 0 Å². The molecule has 0 bridgehead atoms. The predicted molar refractivity (Wildman–Crippen MR) is 84.9 cm³/mol. The molecule has 1 aromatic rings. The molecule has 0 aromatic carbocycles. The Balaban J connectivity index is 1.46. The van der Waals surface area contributed by atoms with Gasteiger partial charge in [-0.25, -0.2) is 4.98 Å². The van der Waals surface area contributed by atoms with Crippen molar-refractivity contribution in [1.29, 1.82) is 0 Å². The summed E-state index contributed by atoms with van der Waals surface area (Å²) in [7, 11) is 0. The van der Waals surface area contributed by atoms with Gasteiger partial charge in [-0.3, -0.25) is 4.79 Å². The van der Waals surface area contributed by atoms with Crippen molar-refractivity contribution in [1.82, 2.24) is 9.88 Å². The number of carbonyl (C=O) groups excluding carboxylic acids is 1. The first-order chi connectivity index (χ1) is 11.4. The lowest BCUT2D eigenvalue weighted by molar-refractivity contribution is -0.143. The van der Waals surface area contributed by atoms with E-state index in [1.165, 1.54) is 37.9 Å². The van der Waals surface area contributed by atoms with Crippen molar-refractivity contribution in [3.63, 3.8) is 0 Å². The molecule has 1 saturated heterocycles. The molecule has 3 rings (SSSR count). The van der Waals surface area contributed by atoms with E-state index in [1.54, 1.807) is 16.7 Å². The van der Waals surface area contributed by atoms with Crippen molar-refractivity contribution in [2.24, 2.45) is 0 Å². The minimum absolute atomic E-state index is 0.0313. The number of likely N-dealkylation sites (tertiary alicyclic amines) is 1. The van der Waals surface area contributed by atoms with Gasteiger partial charge in [0.15, 0.2) is 0 Å². The third-order valence-corrected chi connectivity index (χ3v) is 5.66. The van der Waals surface area contributed by atoms with Gasteiger partial charge in [0.2, 0.25) is 11.8 Å². The molecule has 2 heterocycles. The summed E-state index contributed by atoms with van der Waals surface area (Å²) in [4.78, 5) is 17.4. The van der Waals surface area contributed by atoms with Crippen LogP contribution >= 0.6 is 11.8 Å². The number of alkyl halides is 3. The number of aromatic nitrogens is 1. The maximum Gasteiger partial charge on any atom is 0.421 e. The number of pyridine rings is 1. The summed E-state index contributed by atoms with van der Waals surface area (Å²) in [5.74, 6) is 0.0562. The predicted octanol–water partition coefficient (Wildman–Crippen LogP) is 3.37. The highest BCUT2D eigenvalue weighted by Gasteiger charge is 2.38. The summed E-state index contributed by atoms with van der Waals surface area (Å²) in [6.07, 6.45) is 1.15. The van der Waals surface area contributed by atoms with Crippen molar-refractivity contribution >= 4 is 17.7 Å². The van der Waals surface area contributed by atoms with Gasteiger partial charge in [0.25, 0.3) is 0 Å². The molecule has 8 heteroatoms. The second-order valence-electron chi connectivity index (χ2n) is 6.11. The zero-order valence-electron chi connectivity index (χ0n) is 13.1. The minimum Gasteiger partial charge on any atom is -0.470 e. The highest BCUT2D eigenvalue weighted by atomic mass is 32.2. The SMILES string of the molecule is O=C(CSC1CCCC1)N1CC(Oc2ncccc2C(F)(F)F)C1. The number of amides is 1. The Morgan fingerprint density at radius 2 is 2.04 bits per heavy atom. The van der Waals surface area contributed by atoms with Crippen molar-refractivity contribution in [3.8, 4) is 5.88 Å². The van der Waals surface area contributed by atoms with Crippen molar-refractivity contribution in [3.05, 3.63) is 23.9 Å². The van der Waals surface area contributed by atoms with E-state index in [4.69, 9.17) is 4.74 Å². The molecule has 24 heavy (non-hydrogen) atoms. The lowest BCUT2D eigenvalue weighted by Crippen LogP contribution is -2.56. The number of nitrogens with zero attached hydrogens (tertiary/aromatic N) is 2. The van der Waals surface area contributed by atoms with Gasteiger partial charge in [-0.15, -0.1) is 11.8 Å². The fraction of sp³-hybridized carbons (Fsp3) is 0.625. The number of rotatable bonds is 5. The quantitative estimate of drug-likeness (QED) is 0.808. The third kappa shape index (κ3) is 4.15. The monoisotopic (exact) mass is 360 g/mol. The van der Waals surface area contributed by atoms with Crippen LogP contribution in [0.5, 0.6) is 5.88 Å². The van der Waals surface area contributed by atoms with E-state index in [0.717, 1.165) is 6.07 Å². The Kier molecular flexibility index (Phi) is 5.22. The topological polar surface area (TPSA) is 42.4 Å². The van der Waals surface area contributed by atoms with Crippen LogP contribution in [-0.2, 0) is 11.0 Å². The van der Waals surface area contributed by atoms with Crippen LogP contribution < -0.4 is 4.74 Å². The summed E-state index contributed by atoms with van der Waals surface area (Å²) in [5.41, 5.74) is -0.883. The van der Waals surface area contributed by atoms with Crippen molar-refractivity contribution in [2.45, 2.75) is 43.2 Å². The van der Waals surface area contributed by atoms with E-state index in [0.29, 0.717) is 24.1 Å². The van der Waals surface area contributed by atoms with Gasteiger partial charge in [0, 0.05) is 11.4 Å². The molecule has 4 nitrogen and oxygen atoms in total. The Hall–Kier alpha value is -1.44. The van der Waals surface area contributed by atoms with Crippen molar-refractivity contribution in [2.75, 3.05) is 18.8 Å². The van der Waals surface area contributed by atoms with Gasteiger partial charge < -0.3 is 9.64 Å². The van der Waals surface area contributed by atoms with Crippen LogP contribution in [0.3, 0.4) is 0 Å². The highest BCUT2D eigenvalue weighted by molar-refractivity contribution is 8.00. The van der Waals surface area contributed by atoms with Gasteiger partial charge >= 0.3 is 6.18 Å². The van der Waals surface area contributed by atoms with E-state index in [-0.39, 0.29) is 5.91 Å². The molecule has 0 N–H and O–H groups in total. The number of halogens is 3. The fourth-order valence-corrected chi connectivity index (χ4v) is 4.14. The van der Waals surface area contributed by atoms with Crippen molar-refractivity contribution < 1.29 is 22.7 Å². The molecule has 2 fully saturated rings. The first-order valence-corrected chi connectivity index (χ1v) is 9.06. The summed E-state index contributed by atoms with van der Waals surface area (Å²) >= 11 is 1.69. The molecule has 132 valence electrons. The zero-order chi connectivity index (χ0) is 17.2. The number of hydrogen-bond acceptors (Lipinski definition) is 4. The lowest BCUT2D eigenvalue weighted by Gasteiger charge is -2.39. The van der Waals surface area contributed by atoms with Gasteiger partial charge in [-0.05, 0) is 25.0 Å². The molecular formula is C16H19F3N2O2S. The smallest absolute Gasteiger partial charge is 0.421 e. The van der Waals surface area contributed by atoms with Crippen LogP contribution in [0.15, 0.2) is 18.3 Å². The van der Waals surface area contributed by atoms with Crippen LogP contribution in [0, 0.1) is 0 Å². The van der Waals surface area contributed by atoms with E-state index >= 15 is 0 Å². The second kappa shape index (κ2) is 7.21. The van der Waals surface area contributed by atoms with Gasteiger partial charge in [-0.2, -0.15) is 13.2 Å². The molecule has 0 radical (unpaired) electrons. The minimum atomic E-state index is -4.50. The maximum absolute atomic E-state index is 12.9. The maximum atomic E-state index is 12.9. The molecule has 0 atom stereocenters. The number of hydrogen-bond donors (Lipinski definition) is 0. The van der Waals surface area contributed by atoms with Crippen LogP contribution in [-0.4, -0.2) is 46.0 Å². The summed E-state index contributed by atoms with van der Waals surface area (Å²) in [6.45, 7) is 0.635. The largest absolute Gasteiger partial charge is 0.470 e. The Labute approximate surface area is 142 Å². The Bertz CT molecular complexity index is 585. The van der Waals surface area contributed by atoms with Gasteiger partial charge in [-0.1, -0.05) is 12.8 Å².